The van der Waals surface area contributed by atoms with Gasteiger partial charge in [-0.3, -0.25) is 0 Å². The Kier molecular flexibility index (Phi) is 6.64. The molecular weight excluding hydrogens is 631 g/mol. The summed E-state index contributed by atoms with van der Waals surface area (Å²) < 4.78 is 9.06. The van der Waals surface area contributed by atoms with Crippen molar-refractivity contribution in [1.29, 1.82) is 0 Å². The normalized spacial score (nSPS) is 11.6. The van der Waals surface area contributed by atoms with Crippen molar-refractivity contribution in [3.8, 4) is 56.4 Å². The molecule has 10 rings (SSSR count). The summed E-state index contributed by atoms with van der Waals surface area (Å²) in [5.41, 5.74) is 8.95. The van der Waals surface area contributed by atoms with Crippen LogP contribution in [0, 0.1) is 0 Å². The molecule has 0 spiro atoms. The van der Waals surface area contributed by atoms with E-state index in [1.54, 1.807) is 11.3 Å². The Morgan fingerprint density at radius 3 is 1.78 bits per heavy atom. The van der Waals surface area contributed by atoms with Gasteiger partial charge in [0.1, 0.15) is 11.2 Å². The molecule has 10 aromatic rings. The molecule has 0 fully saturated rings. The molecule has 7 aromatic carbocycles. The van der Waals surface area contributed by atoms with E-state index in [2.05, 4.69) is 152 Å². The maximum absolute atomic E-state index is 6.61. The Balaban J connectivity index is 1.16. The SMILES string of the molecule is c1ccc(-c2ccc(-c3nc(-c4ccc5c(c4)oc4c(-c6ccccc6)cccc45)nc(-c4cccc5sc6ccccc6c45)n3)cc2)cc1. The van der Waals surface area contributed by atoms with Crippen LogP contribution in [0.1, 0.15) is 0 Å². The maximum atomic E-state index is 6.61. The molecule has 0 radical (unpaired) electrons. The van der Waals surface area contributed by atoms with E-state index in [1.807, 2.05) is 12.1 Å². The Bertz CT molecular complexity index is 2860. The molecule has 0 unspecified atom stereocenters. The highest BCUT2D eigenvalue weighted by molar-refractivity contribution is 7.25. The van der Waals surface area contributed by atoms with Crippen LogP contribution >= 0.6 is 11.3 Å². The zero-order valence-electron chi connectivity index (χ0n) is 26.7. The number of hydrogen-bond acceptors (Lipinski definition) is 5. The first-order valence-electron chi connectivity index (χ1n) is 16.6. The molecule has 0 aliphatic heterocycles. The molecule has 5 heteroatoms. The van der Waals surface area contributed by atoms with E-state index < -0.39 is 0 Å². The third-order valence-electron chi connectivity index (χ3n) is 9.37. The first-order valence-corrected chi connectivity index (χ1v) is 17.4. The minimum Gasteiger partial charge on any atom is -0.455 e. The van der Waals surface area contributed by atoms with Crippen molar-refractivity contribution in [2.45, 2.75) is 0 Å². The monoisotopic (exact) mass is 657 g/mol. The summed E-state index contributed by atoms with van der Waals surface area (Å²) in [6.07, 6.45) is 0. The van der Waals surface area contributed by atoms with Crippen LogP contribution in [0.15, 0.2) is 168 Å². The number of aromatic nitrogens is 3. The minimum atomic E-state index is 0.597. The van der Waals surface area contributed by atoms with Crippen LogP contribution in [0.5, 0.6) is 0 Å². The predicted octanol–water partition coefficient (Wildman–Crippen LogP) is 12.5. The third kappa shape index (κ3) is 4.79. The molecule has 0 N–H and O–H groups in total. The zero-order valence-corrected chi connectivity index (χ0v) is 27.6. The van der Waals surface area contributed by atoms with Gasteiger partial charge in [-0.1, -0.05) is 140 Å². The van der Waals surface area contributed by atoms with Crippen LogP contribution in [-0.4, -0.2) is 15.0 Å². The highest BCUT2D eigenvalue weighted by atomic mass is 32.1. The van der Waals surface area contributed by atoms with Gasteiger partial charge in [0.2, 0.25) is 0 Å². The summed E-state index contributed by atoms with van der Waals surface area (Å²) in [6, 6.07) is 56.8. The molecule has 0 aliphatic rings. The number of thiophene rings is 1. The Hall–Kier alpha value is -6.43. The van der Waals surface area contributed by atoms with Crippen molar-refractivity contribution in [2.75, 3.05) is 0 Å². The molecule has 4 nitrogen and oxygen atoms in total. The van der Waals surface area contributed by atoms with Crippen molar-refractivity contribution < 1.29 is 4.42 Å². The van der Waals surface area contributed by atoms with Gasteiger partial charge >= 0.3 is 0 Å². The van der Waals surface area contributed by atoms with Crippen molar-refractivity contribution in [1.82, 2.24) is 15.0 Å². The molecule has 0 atom stereocenters. The third-order valence-corrected chi connectivity index (χ3v) is 10.5. The minimum absolute atomic E-state index is 0.597. The van der Waals surface area contributed by atoms with Crippen molar-refractivity contribution in [3.05, 3.63) is 164 Å². The molecule has 50 heavy (non-hydrogen) atoms. The molecule has 0 saturated carbocycles. The van der Waals surface area contributed by atoms with Gasteiger partial charge in [-0.05, 0) is 41.0 Å². The van der Waals surface area contributed by atoms with Gasteiger partial charge in [-0.25, -0.2) is 15.0 Å². The van der Waals surface area contributed by atoms with Gasteiger partial charge in [-0.15, -0.1) is 11.3 Å². The first-order chi connectivity index (χ1) is 24.8. The number of para-hydroxylation sites is 1. The standard InChI is InChI=1S/C45H27N3OS/c1-3-11-28(12-4-1)29-21-23-31(24-22-29)43-46-44(48-45(47-43)37-18-10-20-40-41(37)36-15-7-8-19-39(36)50-40)32-25-26-34-35-17-9-16-33(30-13-5-2-6-14-30)42(35)49-38(34)27-32/h1-27H. The maximum Gasteiger partial charge on any atom is 0.164 e. The second kappa shape index (κ2) is 11.6. The number of nitrogens with zero attached hydrogens (tertiary/aromatic N) is 3. The van der Waals surface area contributed by atoms with Crippen molar-refractivity contribution in [2.24, 2.45) is 0 Å². The van der Waals surface area contributed by atoms with Crippen LogP contribution < -0.4 is 0 Å². The van der Waals surface area contributed by atoms with Crippen LogP contribution in [0.2, 0.25) is 0 Å². The fourth-order valence-corrected chi connectivity index (χ4v) is 8.07. The molecule has 3 heterocycles. The number of hydrogen-bond donors (Lipinski definition) is 0. The number of furan rings is 1. The van der Waals surface area contributed by atoms with Crippen LogP contribution in [0.4, 0.5) is 0 Å². The summed E-state index contributed by atoms with van der Waals surface area (Å²) in [5, 5.41) is 4.51. The van der Waals surface area contributed by atoms with Crippen LogP contribution in [0.3, 0.4) is 0 Å². The molecule has 0 aliphatic carbocycles. The van der Waals surface area contributed by atoms with E-state index in [9.17, 15) is 0 Å². The molecule has 0 saturated heterocycles. The Morgan fingerprint density at radius 1 is 0.380 bits per heavy atom. The lowest BCUT2D eigenvalue weighted by molar-refractivity contribution is 0.670. The second-order valence-corrected chi connectivity index (χ2v) is 13.5. The van der Waals surface area contributed by atoms with Crippen LogP contribution in [-0.2, 0) is 0 Å². The van der Waals surface area contributed by atoms with E-state index in [1.165, 1.54) is 20.3 Å². The van der Waals surface area contributed by atoms with Crippen LogP contribution in [0.25, 0.3) is 98.5 Å². The number of rotatable bonds is 5. The molecule has 0 bridgehead atoms. The van der Waals surface area contributed by atoms with E-state index in [-0.39, 0.29) is 0 Å². The highest BCUT2D eigenvalue weighted by Crippen LogP contribution is 2.41. The van der Waals surface area contributed by atoms with E-state index >= 15 is 0 Å². The lowest BCUT2D eigenvalue weighted by Gasteiger charge is -2.10. The summed E-state index contributed by atoms with van der Waals surface area (Å²) in [5.74, 6) is 1.86. The van der Waals surface area contributed by atoms with E-state index in [0.29, 0.717) is 17.5 Å². The second-order valence-electron chi connectivity index (χ2n) is 12.4. The smallest absolute Gasteiger partial charge is 0.164 e. The topological polar surface area (TPSA) is 51.8 Å². The van der Waals surface area contributed by atoms with Gasteiger partial charge in [0.15, 0.2) is 17.5 Å². The summed E-state index contributed by atoms with van der Waals surface area (Å²) in [4.78, 5) is 15.4. The Morgan fingerprint density at radius 2 is 0.960 bits per heavy atom. The van der Waals surface area contributed by atoms with Gasteiger partial charge in [0, 0.05) is 53.2 Å². The molecule has 234 valence electrons. The van der Waals surface area contributed by atoms with Gasteiger partial charge in [-0.2, -0.15) is 0 Å². The van der Waals surface area contributed by atoms with E-state index in [4.69, 9.17) is 19.4 Å². The first kappa shape index (κ1) is 28.6. The average molecular weight is 658 g/mol. The Labute approximate surface area is 292 Å². The fourth-order valence-electron chi connectivity index (χ4n) is 6.94. The predicted molar refractivity (Wildman–Crippen MR) is 207 cm³/mol. The number of fused-ring (bicyclic) bond motifs is 6. The van der Waals surface area contributed by atoms with Crippen molar-refractivity contribution >= 4 is 53.4 Å². The molecule has 3 aromatic heterocycles. The average Bonchev–Trinajstić information content (AvgIpc) is 3.77. The lowest BCUT2D eigenvalue weighted by Crippen LogP contribution is -2.00. The van der Waals surface area contributed by atoms with Gasteiger partial charge in [0.05, 0.1) is 0 Å². The van der Waals surface area contributed by atoms with Crippen molar-refractivity contribution in [3.63, 3.8) is 0 Å². The summed E-state index contributed by atoms with van der Waals surface area (Å²) in [6.45, 7) is 0. The zero-order chi connectivity index (χ0) is 33.0. The number of benzene rings is 7. The molecular formula is C45H27N3OS. The molecule has 0 amide bonds. The van der Waals surface area contributed by atoms with Gasteiger partial charge in [0.25, 0.3) is 0 Å². The lowest BCUT2D eigenvalue weighted by atomic mass is 10.0. The van der Waals surface area contributed by atoms with E-state index in [0.717, 1.165) is 60.7 Å². The fraction of sp³-hybridized carbons (Fsp3) is 0. The summed E-state index contributed by atoms with van der Waals surface area (Å²) >= 11 is 1.79. The quantitative estimate of drug-likeness (QED) is 0.185. The largest absolute Gasteiger partial charge is 0.455 e. The van der Waals surface area contributed by atoms with Gasteiger partial charge < -0.3 is 4.42 Å². The summed E-state index contributed by atoms with van der Waals surface area (Å²) in [7, 11) is 0. The highest BCUT2D eigenvalue weighted by Gasteiger charge is 2.19.